The third kappa shape index (κ3) is 3.99. The van der Waals surface area contributed by atoms with E-state index in [9.17, 15) is 0 Å². The molecule has 1 nitrogen and oxygen atoms in total. The molecule has 0 spiro atoms. The monoisotopic (exact) mass is 154 g/mol. The molecule has 0 radical (unpaired) electrons. The van der Waals surface area contributed by atoms with E-state index in [0.29, 0.717) is 0 Å². The van der Waals surface area contributed by atoms with Crippen molar-refractivity contribution >= 4 is 0 Å². The fraction of sp³-hybridized carbons (Fsp3) is 0.600. The molecule has 0 aliphatic heterocycles. The Balaban J connectivity index is 3.76. The maximum Gasteiger partial charge on any atom is 0.0758 e. The van der Waals surface area contributed by atoms with Crippen LogP contribution in [0.4, 0.5) is 0 Å². The van der Waals surface area contributed by atoms with Crippen molar-refractivity contribution < 1.29 is 4.74 Å². The van der Waals surface area contributed by atoms with Gasteiger partial charge in [0.1, 0.15) is 0 Å². The predicted octanol–water partition coefficient (Wildman–Crippen LogP) is 2.93. The topological polar surface area (TPSA) is 9.23 Å². The normalized spacial score (nSPS) is 15.5. The first-order valence-corrected chi connectivity index (χ1v) is 4.19. The van der Waals surface area contributed by atoms with Crippen LogP contribution in [0, 0.1) is 0 Å². The van der Waals surface area contributed by atoms with E-state index in [-0.39, 0.29) is 12.2 Å². The fourth-order valence-electron chi connectivity index (χ4n) is 0.861. The van der Waals surface area contributed by atoms with E-state index in [4.69, 9.17) is 4.74 Å². The number of rotatable bonds is 6. The number of hydrogen-bond acceptors (Lipinski definition) is 1. The van der Waals surface area contributed by atoms with Crippen LogP contribution in [-0.4, -0.2) is 12.2 Å². The summed E-state index contributed by atoms with van der Waals surface area (Å²) in [5, 5.41) is 0. The highest BCUT2D eigenvalue weighted by Gasteiger charge is 2.06. The molecule has 0 amide bonds. The van der Waals surface area contributed by atoms with E-state index < -0.39 is 0 Å². The number of ether oxygens (including phenoxy) is 1. The summed E-state index contributed by atoms with van der Waals surface area (Å²) in [5.41, 5.74) is 0. The zero-order chi connectivity index (χ0) is 8.69. The van der Waals surface area contributed by atoms with Crippen LogP contribution in [0.25, 0.3) is 0 Å². The largest absolute Gasteiger partial charge is 0.367 e. The summed E-state index contributed by atoms with van der Waals surface area (Å²) in [6, 6.07) is 0. The molecule has 0 saturated heterocycles. The zero-order valence-electron chi connectivity index (χ0n) is 7.55. The van der Waals surface area contributed by atoms with Crippen LogP contribution in [0.3, 0.4) is 0 Å². The van der Waals surface area contributed by atoms with E-state index in [2.05, 4.69) is 27.0 Å². The molecular weight excluding hydrogens is 136 g/mol. The van der Waals surface area contributed by atoms with Gasteiger partial charge in [0.25, 0.3) is 0 Å². The summed E-state index contributed by atoms with van der Waals surface area (Å²) in [6.45, 7) is 11.6. The van der Waals surface area contributed by atoms with Gasteiger partial charge in [0.15, 0.2) is 0 Å². The Labute approximate surface area is 69.8 Å². The molecule has 0 aliphatic rings. The maximum atomic E-state index is 5.61. The minimum atomic E-state index is 0.179. The lowest BCUT2D eigenvalue weighted by atomic mass is 10.2. The van der Waals surface area contributed by atoms with Crippen LogP contribution in [0.2, 0.25) is 0 Å². The van der Waals surface area contributed by atoms with Gasteiger partial charge in [-0.25, -0.2) is 0 Å². The summed E-state index contributed by atoms with van der Waals surface area (Å²) >= 11 is 0. The molecule has 0 fully saturated rings. The van der Waals surface area contributed by atoms with E-state index in [0.717, 1.165) is 12.8 Å². The van der Waals surface area contributed by atoms with Crippen molar-refractivity contribution in [2.75, 3.05) is 0 Å². The van der Waals surface area contributed by atoms with Gasteiger partial charge in [-0.1, -0.05) is 26.0 Å². The second kappa shape index (κ2) is 6.17. The molecule has 0 saturated carbocycles. The van der Waals surface area contributed by atoms with Crippen LogP contribution in [-0.2, 0) is 4.74 Å². The quantitative estimate of drug-likeness (QED) is 0.534. The Kier molecular flexibility index (Phi) is 5.86. The second-order valence-corrected chi connectivity index (χ2v) is 2.50. The van der Waals surface area contributed by atoms with Crippen molar-refractivity contribution in [3.8, 4) is 0 Å². The highest BCUT2D eigenvalue weighted by atomic mass is 16.5. The fourth-order valence-corrected chi connectivity index (χ4v) is 0.861. The maximum absolute atomic E-state index is 5.61. The molecule has 11 heavy (non-hydrogen) atoms. The summed E-state index contributed by atoms with van der Waals surface area (Å²) < 4.78 is 5.61. The predicted molar refractivity (Wildman–Crippen MR) is 49.6 cm³/mol. The number of hydrogen-bond donors (Lipinski definition) is 0. The third-order valence-electron chi connectivity index (χ3n) is 1.68. The van der Waals surface area contributed by atoms with Crippen LogP contribution in [0.15, 0.2) is 25.3 Å². The Bertz CT molecular complexity index is 104. The summed E-state index contributed by atoms with van der Waals surface area (Å²) in [6.07, 6.45) is 6.00. The van der Waals surface area contributed by atoms with Crippen LogP contribution in [0.5, 0.6) is 0 Å². The molecule has 0 N–H and O–H groups in total. The third-order valence-corrected chi connectivity index (χ3v) is 1.68. The molecular formula is C10H18O. The first-order valence-electron chi connectivity index (χ1n) is 4.19. The summed E-state index contributed by atoms with van der Waals surface area (Å²) in [4.78, 5) is 0. The van der Waals surface area contributed by atoms with Gasteiger partial charge in [-0.2, -0.15) is 0 Å². The molecule has 0 heterocycles. The molecule has 0 aromatic carbocycles. The second-order valence-electron chi connectivity index (χ2n) is 2.50. The van der Waals surface area contributed by atoms with Gasteiger partial charge in [0.05, 0.1) is 12.2 Å². The smallest absolute Gasteiger partial charge is 0.0758 e. The average Bonchev–Trinajstić information content (AvgIpc) is 2.07. The van der Waals surface area contributed by atoms with Crippen molar-refractivity contribution in [1.29, 1.82) is 0 Å². The molecule has 1 heteroatoms. The Morgan fingerprint density at radius 1 is 1.09 bits per heavy atom. The van der Waals surface area contributed by atoms with Crippen molar-refractivity contribution in [2.45, 2.75) is 38.9 Å². The molecule has 2 atom stereocenters. The van der Waals surface area contributed by atoms with E-state index in [1.54, 1.807) is 0 Å². The van der Waals surface area contributed by atoms with Gasteiger partial charge in [0, 0.05) is 0 Å². The zero-order valence-corrected chi connectivity index (χ0v) is 7.55. The van der Waals surface area contributed by atoms with Crippen LogP contribution >= 0.6 is 0 Å². The minimum absolute atomic E-state index is 0.179. The molecule has 0 bridgehead atoms. The summed E-state index contributed by atoms with van der Waals surface area (Å²) in [7, 11) is 0. The van der Waals surface area contributed by atoms with Gasteiger partial charge in [-0.3, -0.25) is 0 Å². The van der Waals surface area contributed by atoms with E-state index >= 15 is 0 Å². The average molecular weight is 154 g/mol. The summed E-state index contributed by atoms with van der Waals surface area (Å²) in [5.74, 6) is 0. The van der Waals surface area contributed by atoms with Gasteiger partial charge in [0.2, 0.25) is 0 Å². The van der Waals surface area contributed by atoms with Crippen molar-refractivity contribution in [3.63, 3.8) is 0 Å². The molecule has 64 valence electrons. The molecule has 2 unspecified atom stereocenters. The Morgan fingerprint density at radius 3 is 1.64 bits per heavy atom. The van der Waals surface area contributed by atoms with Gasteiger partial charge >= 0.3 is 0 Å². The lowest BCUT2D eigenvalue weighted by molar-refractivity contribution is 0.0380. The minimum Gasteiger partial charge on any atom is -0.367 e. The highest BCUT2D eigenvalue weighted by molar-refractivity contribution is 4.85. The van der Waals surface area contributed by atoms with Crippen molar-refractivity contribution in [1.82, 2.24) is 0 Å². The van der Waals surface area contributed by atoms with Crippen LogP contribution < -0.4 is 0 Å². The molecule has 0 aromatic heterocycles. The van der Waals surface area contributed by atoms with Gasteiger partial charge in [-0.15, -0.1) is 13.2 Å². The van der Waals surface area contributed by atoms with Crippen molar-refractivity contribution in [2.24, 2.45) is 0 Å². The molecule has 0 aliphatic carbocycles. The molecule has 0 aromatic rings. The highest BCUT2D eigenvalue weighted by Crippen LogP contribution is 2.07. The SMILES string of the molecule is C=CC(CC)OC(C=C)CC. The standard InChI is InChI=1S/C10H18O/c1-5-9(6-2)11-10(7-3)8-4/h5,7,9-10H,1,3,6,8H2,2,4H3. The van der Waals surface area contributed by atoms with E-state index in [1.165, 1.54) is 0 Å². The van der Waals surface area contributed by atoms with Gasteiger partial charge < -0.3 is 4.74 Å². The first-order chi connectivity index (χ1) is 5.28. The lowest BCUT2D eigenvalue weighted by Gasteiger charge is -2.17. The van der Waals surface area contributed by atoms with Crippen LogP contribution in [0.1, 0.15) is 26.7 Å². The Morgan fingerprint density at radius 2 is 1.45 bits per heavy atom. The lowest BCUT2D eigenvalue weighted by Crippen LogP contribution is -2.16. The first kappa shape index (κ1) is 10.4. The Hall–Kier alpha value is -0.560. The van der Waals surface area contributed by atoms with E-state index in [1.807, 2.05) is 12.2 Å². The van der Waals surface area contributed by atoms with Crippen molar-refractivity contribution in [3.05, 3.63) is 25.3 Å². The van der Waals surface area contributed by atoms with Gasteiger partial charge in [-0.05, 0) is 12.8 Å². The molecule has 0 rings (SSSR count).